The lowest BCUT2D eigenvalue weighted by Gasteiger charge is -2.25. The van der Waals surface area contributed by atoms with Crippen molar-refractivity contribution in [3.63, 3.8) is 0 Å². The Bertz CT molecular complexity index is 862. The SMILES string of the molecule is O=c1oc2ccccc2n1CCN(Cc1ccsc1)C[C@H]1CCCO1. The van der Waals surface area contributed by atoms with Gasteiger partial charge in [-0.15, -0.1) is 0 Å². The van der Waals surface area contributed by atoms with Crippen LogP contribution in [0, 0.1) is 0 Å². The summed E-state index contributed by atoms with van der Waals surface area (Å²) in [6.07, 6.45) is 2.56. The van der Waals surface area contributed by atoms with Crippen LogP contribution in [-0.2, 0) is 17.8 Å². The van der Waals surface area contributed by atoms with E-state index in [9.17, 15) is 4.79 Å². The molecular weight excluding hydrogens is 336 g/mol. The summed E-state index contributed by atoms with van der Waals surface area (Å²) in [6, 6.07) is 9.75. The molecule has 1 saturated heterocycles. The minimum atomic E-state index is -0.284. The first kappa shape index (κ1) is 16.6. The molecule has 0 amide bonds. The molecule has 1 aliphatic heterocycles. The molecule has 3 heterocycles. The molecule has 0 radical (unpaired) electrons. The van der Waals surface area contributed by atoms with Crippen LogP contribution in [0.3, 0.4) is 0 Å². The van der Waals surface area contributed by atoms with Crippen molar-refractivity contribution in [3.8, 4) is 0 Å². The highest BCUT2D eigenvalue weighted by atomic mass is 32.1. The molecule has 25 heavy (non-hydrogen) atoms. The van der Waals surface area contributed by atoms with Crippen LogP contribution in [-0.4, -0.2) is 35.3 Å². The molecule has 1 aromatic carbocycles. The number of para-hydroxylation sites is 2. The van der Waals surface area contributed by atoms with E-state index in [-0.39, 0.29) is 5.76 Å². The second-order valence-electron chi connectivity index (χ2n) is 6.49. The summed E-state index contributed by atoms with van der Waals surface area (Å²) < 4.78 is 12.9. The van der Waals surface area contributed by atoms with Crippen LogP contribution in [0.25, 0.3) is 11.1 Å². The quantitative estimate of drug-likeness (QED) is 0.650. The number of oxazole rings is 1. The predicted molar refractivity (Wildman–Crippen MR) is 99.0 cm³/mol. The maximum Gasteiger partial charge on any atom is 0.419 e. The second-order valence-corrected chi connectivity index (χ2v) is 7.27. The van der Waals surface area contributed by atoms with Gasteiger partial charge in [0.25, 0.3) is 0 Å². The number of hydrogen-bond acceptors (Lipinski definition) is 5. The summed E-state index contributed by atoms with van der Waals surface area (Å²) in [6.45, 7) is 4.06. The van der Waals surface area contributed by atoms with Gasteiger partial charge in [0, 0.05) is 32.8 Å². The Morgan fingerprint density at radius 2 is 2.20 bits per heavy atom. The van der Waals surface area contributed by atoms with Crippen LogP contribution in [0.4, 0.5) is 0 Å². The van der Waals surface area contributed by atoms with E-state index in [1.54, 1.807) is 15.9 Å². The fraction of sp³-hybridized carbons (Fsp3) is 0.421. The number of thiophene rings is 1. The molecule has 1 aliphatic rings. The maximum absolute atomic E-state index is 12.2. The van der Waals surface area contributed by atoms with Crippen molar-refractivity contribution in [3.05, 3.63) is 57.2 Å². The van der Waals surface area contributed by atoms with E-state index in [0.717, 1.165) is 44.6 Å². The summed E-state index contributed by atoms with van der Waals surface area (Å²) in [4.78, 5) is 14.5. The summed E-state index contributed by atoms with van der Waals surface area (Å²) in [7, 11) is 0. The average molecular weight is 358 g/mol. The van der Waals surface area contributed by atoms with Crippen LogP contribution in [0.15, 0.2) is 50.3 Å². The molecule has 0 unspecified atom stereocenters. The normalized spacial score (nSPS) is 17.7. The second kappa shape index (κ2) is 7.56. The number of nitrogens with zero attached hydrogens (tertiary/aromatic N) is 2. The molecular formula is C19H22N2O3S. The van der Waals surface area contributed by atoms with Gasteiger partial charge in [0.05, 0.1) is 11.6 Å². The van der Waals surface area contributed by atoms with E-state index in [1.807, 2.05) is 24.3 Å². The molecule has 1 fully saturated rings. The fourth-order valence-corrected chi connectivity index (χ4v) is 4.08. The number of rotatable bonds is 7. The van der Waals surface area contributed by atoms with Gasteiger partial charge in [-0.25, -0.2) is 4.79 Å². The molecule has 6 heteroatoms. The largest absolute Gasteiger partial charge is 0.419 e. The lowest BCUT2D eigenvalue weighted by Crippen LogP contribution is -2.35. The van der Waals surface area contributed by atoms with Crippen molar-refractivity contribution in [1.29, 1.82) is 0 Å². The van der Waals surface area contributed by atoms with Crippen molar-refractivity contribution < 1.29 is 9.15 Å². The Balaban J connectivity index is 1.49. The highest BCUT2D eigenvalue weighted by molar-refractivity contribution is 7.07. The molecule has 132 valence electrons. The highest BCUT2D eigenvalue weighted by Gasteiger charge is 2.20. The molecule has 0 aliphatic carbocycles. The summed E-state index contributed by atoms with van der Waals surface area (Å²) in [5.74, 6) is -0.284. The topological polar surface area (TPSA) is 47.6 Å². The first-order chi connectivity index (χ1) is 12.3. The van der Waals surface area contributed by atoms with Gasteiger partial charge in [0.2, 0.25) is 0 Å². The molecule has 0 saturated carbocycles. The van der Waals surface area contributed by atoms with Gasteiger partial charge in [0.15, 0.2) is 5.58 Å². The monoisotopic (exact) mass is 358 g/mol. The molecule has 3 aromatic rings. The van der Waals surface area contributed by atoms with Crippen molar-refractivity contribution in [1.82, 2.24) is 9.47 Å². The Hall–Kier alpha value is -1.89. The molecule has 0 spiro atoms. The third-order valence-electron chi connectivity index (χ3n) is 4.69. The molecule has 4 rings (SSSR count). The predicted octanol–water partition coefficient (Wildman–Crippen LogP) is 3.34. The van der Waals surface area contributed by atoms with Gasteiger partial charge in [-0.3, -0.25) is 9.47 Å². The van der Waals surface area contributed by atoms with E-state index in [2.05, 4.69) is 21.7 Å². The number of hydrogen-bond donors (Lipinski definition) is 0. The van der Waals surface area contributed by atoms with Gasteiger partial charge in [-0.05, 0) is 47.4 Å². The Morgan fingerprint density at radius 3 is 3.00 bits per heavy atom. The number of benzene rings is 1. The van der Waals surface area contributed by atoms with Crippen molar-refractivity contribution in [2.24, 2.45) is 0 Å². The minimum absolute atomic E-state index is 0.284. The zero-order valence-electron chi connectivity index (χ0n) is 14.1. The zero-order chi connectivity index (χ0) is 17.1. The molecule has 2 aromatic heterocycles. The molecule has 0 N–H and O–H groups in total. The standard InChI is InChI=1S/C19H22N2O3S/c22-19-21(17-5-1-2-6-18(17)24-19)9-8-20(12-15-7-11-25-14-15)13-16-4-3-10-23-16/h1-2,5-7,11,14,16H,3-4,8-10,12-13H2/t16-/m1/s1. The van der Waals surface area contributed by atoms with Gasteiger partial charge in [-0.2, -0.15) is 11.3 Å². The zero-order valence-corrected chi connectivity index (χ0v) is 14.9. The van der Waals surface area contributed by atoms with Gasteiger partial charge < -0.3 is 9.15 Å². The summed E-state index contributed by atoms with van der Waals surface area (Å²) in [5.41, 5.74) is 2.82. The fourth-order valence-electron chi connectivity index (χ4n) is 3.42. The lowest BCUT2D eigenvalue weighted by atomic mass is 10.2. The molecule has 1 atom stereocenters. The highest BCUT2D eigenvalue weighted by Crippen LogP contribution is 2.17. The van der Waals surface area contributed by atoms with Gasteiger partial charge in [-0.1, -0.05) is 12.1 Å². The Kier molecular flexibility index (Phi) is 5.01. The van der Waals surface area contributed by atoms with E-state index >= 15 is 0 Å². The maximum atomic E-state index is 12.2. The van der Waals surface area contributed by atoms with Crippen molar-refractivity contribution in [2.45, 2.75) is 32.0 Å². The molecule has 5 nitrogen and oxygen atoms in total. The smallest absolute Gasteiger partial charge is 0.408 e. The van der Waals surface area contributed by atoms with E-state index < -0.39 is 0 Å². The van der Waals surface area contributed by atoms with E-state index in [4.69, 9.17) is 9.15 Å². The number of aromatic nitrogens is 1. The van der Waals surface area contributed by atoms with Crippen LogP contribution in [0.1, 0.15) is 18.4 Å². The van der Waals surface area contributed by atoms with Crippen LogP contribution in [0.5, 0.6) is 0 Å². The number of fused-ring (bicyclic) bond motifs is 1. The summed E-state index contributed by atoms with van der Waals surface area (Å²) in [5, 5.41) is 4.29. The van der Waals surface area contributed by atoms with Gasteiger partial charge in [0.1, 0.15) is 0 Å². The summed E-state index contributed by atoms with van der Waals surface area (Å²) >= 11 is 1.72. The van der Waals surface area contributed by atoms with Crippen LogP contribution >= 0.6 is 11.3 Å². The van der Waals surface area contributed by atoms with Crippen LogP contribution < -0.4 is 5.76 Å². The first-order valence-corrected chi connectivity index (χ1v) is 9.67. The number of ether oxygens (including phenoxy) is 1. The molecule has 0 bridgehead atoms. The third-order valence-corrected chi connectivity index (χ3v) is 5.42. The minimum Gasteiger partial charge on any atom is -0.408 e. The van der Waals surface area contributed by atoms with E-state index in [0.29, 0.717) is 18.2 Å². The van der Waals surface area contributed by atoms with Gasteiger partial charge >= 0.3 is 5.76 Å². The Morgan fingerprint density at radius 1 is 1.28 bits per heavy atom. The first-order valence-electron chi connectivity index (χ1n) is 8.73. The van der Waals surface area contributed by atoms with Crippen molar-refractivity contribution >= 4 is 22.4 Å². The average Bonchev–Trinajstić information content (AvgIpc) is 3.34. The van der Waals surface area contributed by atoms with E-state index in [1.165, 1.54) is 5.56 Å². The lowest BCUT2D eigenvalue weighted by molar-refractivity contribution is 0.0693. The van der Waals surface area contributed by atoms with Crippen molar-refractivity contribution in [2.75, 3.05) is 19.7 Å². The Labute approximate surface area is 150 Å². The third kappa shape index (κ3) is 3.86. The van der Waals surface area contributed by atoms with Crippen LogP contribution in [0.2, 0.25) is 0 Å².